The summed E-state index contributed by atoms with van der Waals surface area (Å²) in [4.78, 5) is 15.5. The van der Waals surface area contributed by atoms with Crippen LogP contribution in [0.3, 0.4) is 0 Å². The van der Waals surface area contributed by atoms with Crippen LogP contribution in [-0.2, 0) is 0 Å². The maximum absolute atomic E-state index is 11.3. The Morgan fingerprint density at radius 3 is 3.00 bits per heavy atom. The summed E-state index contributed by atoms with van der Waals surface area (Å²) in [6.45, 7) is 1.67. The normalized spacial score (nSPS) is 10.6. The Hall–Kier alpha value is -0.910. The van der Waals surface area contributed by atoms with Gasteiger partial charge in [0.25, 0.3) is 0 Å². The van der Waals surface area contributed by atoms with Crippen molar-refractivity contribution in [3.05, 3.63) is 38.1 Å². The molecule has 4 heteroatoms. The Morgan fingerprint density at radius 1 is 1.46 bits per heavy atom. The van der Waals surface area contributed by atoms with E-state index in [-0.39, 0.29) is 5.63 Å². The number of hydrogen-bond acceptors (Lipinski definition) is 3. The summed E-state index contributed by atoms with van der Waals surface area (Å²) in [5.74, 6) is 0.404. The van der Waals surface area contributed by atoms with Gasteiger partial charge in [-0.25, -0.2) is 9.78 Å². The zero-order chi connectivity index (χ0) is 9.42. The van der Waals surface area contributed by atoms with Crippen molar-refractivity contribution in [2.75, 3.05) is 0 Å². The van der Waals surface area contributed by atoms with Crippen LogP contribution < -0.4 is 5.63 Å². The molecule has 66 valence electrons. The van der Waals surface area contributed by atoms with Gasteiger partial charge in [-0.3, -0.25) is 0 Å². The summed E-state index contributed by atoms with van der Waals surface area (Å²) in [6.07, 6.45) is 0. The number of benzene rings is 1. The van der Waals surface area contributed by atoms with E-state index in [4.69, 9.17) is 4.42 Å². The summed E-state index contributed by atoms with van der Waals surface area (Å²) < 4.78 is 5.84. The monoisotopic (exact) mass is 287 g/mol. The second kappa shape index (κ2) is 3.10. The molecule has 0 spiro atoms. The molecule has 0 aliphatic heterocycles. The number of fused-ring (bicyclic) bond motifs is 1. The number of rotatable bonds is 0. The van der Waals surface area contributed by atoms with Gasteiger partial charge in [-0.1, -0.05) is 6.07 Å². The number of halogens is 1. The van der Waals surface area contributed by atoms with Crippen molar-refractivity contribution in [3.63, 3.8) is 0 Å². The van der Waals surface area contributed by atoms with Crippen LogP contribution in [-0.4, -0.2) is 4.98 Å². The molecule has 0 aliphatic carbocycles. The predicted octanol–water partition coefficient (Wildman–Crippen LogP) is 2.10. The Balaban J connectivity index is 3.03. The van der Waals surface area contributed by atoms with Gasteiger partial charge < -0.3 is 4.42 Å². The van der Waals surface area contributed by atoms with E-state index < -0.39 is 0 Å². The molecule has 1 heterocycles. The lowest BCUT2D eigenvalue weighted by Gasteiger charge is -1.98. The lowest BCUT2D eigenvalue weighted by molar-refractivity contribution is 0.467. The van der Waals surface area contributed by atoms with Crippen molar-refractivity contribution in [2.45, 2.75) is 6.92 Å². The smallest absolute Gasteiger partial charge is 0.346 e. The molecular formula is C9H6INO2. The van der Waals surface area contributed by atoms with Gasteiger partial charge >= 0.3 is 5.63 Å². The van der Waals surface area contributed by atoms with Gasteiger partial charge in [-0.15, -0.1) is 0 Å². The van der Waals surface area contributed by atoms with Gasteiger partial charge in [0.2, 0.25) is 0 Å². The van der Waals surface area contributed by atoms with E-state index in [1.807, 2.05) is 12.1 Å². The number of aryl methyl sites for hydroxylation is 1. The number of aromatic nitrogens is 1. The maximum Gasteiger partial charge on any atom is 0.346 e. The minimum absolute atomic E-state index is 0.319. The molecule has 3 nitrogen and oxygen atoms in total. The first kappa shape index (κ1) is 8.68. The highest BCUT2D eigenvalue weighted by Gasteiger charge is 2.05. The quantitative estimate of drug-likeness (QED) is 0.697. The highest BCUT2D eigenvalue weighted by atomic mass is 127. The highest BCUT2D eigenvalue weighted by molar-refractivity contribution is 14.1. The van der Waals surface area contributed by atoms with Crippen molar-refractivity contribution in [1.29, 1.82) is 0 Å². The molecule has 0 bridgehead atoms. The lowest BCUT2D eigenvalue weighted by Crippen LogP contribution is -2.03. The second-order valence-corrected chi connectivity index (χ2v) is 3.82. The van der Waals surface area contributed by atoms with Crippen LogP contribution in [0.4, 0.5) is 0 Å². The van der Waals surface area contributed by atoms with Gasteiger partial charge in [0.15, 0.2) is 5.89 Å². The fourth-order valence-corrected chi connectivity index (χ4v) is 1.78. The molecule has 0 atom stereocenters. The Labute approximate surface area is 87.9 Å². The molecule has 2 aromatic rings. The molecule has 1 aromatic carbocycles. The van der Waals surface area contributed by atoms with E-state index >= 15 is 0 Å². The molecule has 0 aliphatic rings. The van der Waals surface area contributed by atoms with Crippen molar-refractivity contribution in [3.8, 4) is 0 Å². The van der Waals surface area contributed by atoms with Crippen LogP contribution in [0.2, 0.25) is 0 Å². The maximum atomic E-state index is 11.3. The third-order valence-corrected chi connectivity index (χ3v) is 2.59. The Bertz CT molecular complexity index is 518. The topological polar surface area (TPSA) is 43.1 Å². The van der Waals surface area contributed by atoms with E-state index in [2.05, 4.69) is 27.6 Å². The Kier molecular flexibility index (Phi) is 2.07. The van der Waals surface area contributed by atoms with Crippen LogP contribution in [0, 0.1) is 10.5 Å². The number of nitrogens with zero attached hydrogens (tertiary/aromatic N) is 1. The summed E-state index contributed by atoms with van der Waals surface area (Å²) >= 11 is 2.15. The van der Waals surface area contributed by atoms with Crippen LogP contribution in [0.5, 0.6) is 0 Å². The Morgan fingerprint density at radius 2 is 2.23 bits per heavy atom. The average Bonchev–Trinajstić information content (AvgIpc) is 2.07. The van der Waals surface area contributed by atoms with E-state index in [9.17, 15) is 4.79 Å². The number of hydrogen-bond donors (Lipinski definition) is 0. The van der Waals surface area contributed by atoms with Gasteiger partial charge in [0.05, 0.1) is 10.9 Å². The van der Waals surface area contributed by atoms with E-state index in [1.165, 1.54) is 0 Å². The van der Waals surface area contributed by atoms with Crippen LogP contribution in [0.15, 0.2) is 27.4 Å². The first-order valence-corrected chi connectivity index (χ1v) is 4.82. The summed E-state index contributed by atoms with van der Waals surface area (Å²) in [5.41, 5.74) is 0.401. The summed E-state index contributed by atoms with van der Waals surface area (Å²) in [7, 11) is 0. The largest absolute Gasteiger partial charge is 0.408 e. The predicted molar refractivity (Wildman–Crippen MR) is 57.7 cm³/mol. The van der Waals surface area contributed by atoms with Gasteiger partial charge in [-0.2, -0.15) is 0 Å². The minimum atomic E-state index is -0.319. The minimum Gasteiger partial charge on any atom is -0.408 e. The molecule has 0 saturated heterocycles. The molecule has 0 N–H and O–H groups in total. The average molecular weight is 287 g/mol. The first-order chi connectivity index (χ1) is 6.18. The molecule has 13 heavy (non-hydrogen) atoms. The molecular weight excluding hydrogens is 281 g/mol. The fraction of sp³-hybridized carbons (Fsp3) is 0.111. The van der Waals surface area contributed by atoms with Crippen molar-refractivity contribution < 1.29 is 4.42 Å². The molecule has 1 aromatic heterocycles. The molecule has 0 saturated carbocycles. The zero-order valence-electron chi connectivity index (χ0n) is 6.87. The van der Waals surface area contributed by atoms with Crippen LogP contribution >= 0.6 is 22.6 Å². The molecule has 0 amide bonds. The first-order valence-electron chi connectivity index (χ1n) is 3.74. The SMILES string of the molecule is Cc1nc2c(I)cccc2c(=O)o1. The fourth-order valence-electron chi connectivity index (χ4n) is 1.16. The van der Waals surface area contributed by atoms with Gasteiger partial charge in [0.1, 0.15) is 0 Å². The summed E-state index contributed by atoms with van der Waals surface area (Å²) in [6, 6.07) is 5.45. The van der Waals surface area contributed by atoms with Gasteiger partial charge in [0, 0.05) is 10.5 Å². The zero-order valence-corrected chi connectivity index (χ0v) is 9.03. The number of para-hydroxylation sites is 1. The third-order valence-electron chi connectivity index (χ3n) is 1.72. The van der Waals surface area contributed by atoms with Gasteiger partial charge in [-0.05, 0) is 34.7 Å². The standard InChI is InChI=1S/C9H6INO2/c1-5-11-8-6(9(12)13-5)3-2-4-7(8)10/h2-4H,1H3. The third kappa shape index (κ3) is 1.46. The highest BCUT2D eigenvalue weighted by Crippen LogP contribution is 2.15. The molecule has 0 radical (unpaired) electrons. The van der Waals surface area contributed by atoms with Crippen LogP contribution in [0.1, 0.15) is 5.89 Å². The second-order valence-electron chi connectivity index (χ2n) is 2.66. The molecule has 0 fully saturated rings. The molecule has 2 rings (SSSR count). The molecule has 0 unspecified atom stereocenters. The van der Waals surface area contributed by atoms with E-state index in [0.717, 1.165) is 9.09 Å². The lowest BCUT2D eigenvalue weighted by atomic mass is 10.2. The van der Waals surface area contributed by atoms with Crippen molar-refractivity contribution >= 4 is 33.5 Å². The van der Waals surface area contributed by atoms with E-state index in [0.29, 0.717) is 11.3 Å². The summed E-state index contributed by atoms with van der Waals surface area (Å²) in [5, 5.41) is 0.539. The van der Waals surface area contributed by atoms with E-state index in [1.54, 1.807) is 13.0 Å². The van der Waals surface area contributed by atoms with Crippen molar-refractivity contribution in [2.24, 2.45) is 0 Å². The van der Waals surface area contributed by atoms with Crippen LogP contribution in [0.25, 0.3) is 10.9 Å². The van der Waals surface area contributed by atoms with Crippen molar-refractivity contribution in [1.82, 2.24) is 4.98 Å².